The summed E-state index contributed by atoms with van der Waals surface area (Å²) in [6, 6.07) is 2.44. The molecule has 0 aliphatic carbocycles. The largest absolute Gasteiger partial charge is 0.480 e. The van der Waals surface area contributed by atoms with Gasteiger partial charge in [-0.05, 0) is 37.8 Å². The predicted molar refractivity (Wildman–Crippen MR) is 74.9 cm³/mol. The number of nitrogens with zero attached hydrogens (tertiary/aromatic N) is 2. The first-order valence-corrected chi connectivity index (χ1v) is 7.11. The van der Waals surface area contributed by atoms with Crippen molar-refractivity contribution in [2.75, 3.05) is 6.54 Å². The fourth-order valence-corrected chi connectivity index (χ4v) is 2.68. The first kappa shape index (κ1) is 14.8. The van der Waals surface area contributed by atoms with Crippen LogP contribution in [0.1, 0.15) is 42.2 Å². The normalized spacial score (nSPS) is 18.9. The van der Waals surface area contributed by atoms with Crippen molar-refractivity contribution < 1.29 is 14.7 Å². The molecule has 1 aliphatic rings. The molecule has 0 bridgehead atoms. The van der Waals surface area contributed by atoms with Gasteiger partial charge in [-0.2, -0.15) is 0 Å². The van der Waals surface area contributed by atoms with Crippen LogP contribution in [0.2, 0.25) is 5.15 Å². The molecular formula is C14H17ClN2O3. The van der Waals surface area contributed by atoms with E-state index < -0.39 is 12.0 Å². The number of halogens is 1. The molecule has 1 saturated heterocycles. The summed E-state index contributed by atoms with van der Waals surface area (Å²) in [6.07, 6.45) is 2.83. The number of carbonyl (C=O) groups is 2. The molecule has 0 aromatic carbocycles. The number of rotatable bonds is 3. The molecule has 108 valence electrons. The minimum atomic E-state index is -0.950. The fourth-order valence-electron chi connectivity index (χ4n) is 2.45. The van der Waals surface area contributed by atoms with E-state index in [0.717, 1.165) is 18.5 Å². The van der Waals surface area contributed by atoms with Crippen molar-refractivity contribution in [2.45, 2.75) is 38.6 Å². The van der Waals surface area contributed by atoms with Crippen LogP contribution in [0.15, 0.2) is 12.1 Å². The lowest BCUT2D eigenvalue weighted by molar-refractivity contribution is -0.143. The summed E-state index contributed by atoms with van der Waals surface area (Å²) in [5, 5.41) is 9.49. The number of hydrogen-bond acceptors (Lipinski definition) is 3. The summed E-state index contributed by atoms with van der Waals surface area (Å²) >= 11 is 5.91. The van der Waals surface area contributed by atoms with Crippen LogP contribution in [-0.2, 0) is 11.2 Å². The summed E-state index contributed by atoms with van der Waals surface area (Å²) in [5.74, 6) is -1.23. The Morgan fingerprint density at radius 3 is 2.85 bits per heavy atom. The lowest BCUT2D eigenvalue weighted by Crippen LogP contribution is -2.48. The standard InChI is InChI=1S/C14H17ClN2O3/c1-2-10-7-9(8-12(15)16-10)13(18)17-6-4-3-5-11(17)14(19)20/h7-8,11H,2-6H2,1H3,(H,19,20)/t11-/m0/s1. The van der Waals surface area contributed by atoms with Crippen molar-refractivity contribution in [1.82, 2.24) is 9.88 Å². The summed E-state index contributed by atoms with van der Waals surface area (Å²) in [6.45, 7) is 2.39. The third kappa shape index (κ3) is 3.10. The number of carboxylic acids is 1. The van der Waals surface area contributed by atoms with Crippen molar-refractivity contribution in [3.05, 3.63) is 28.5 Å². The minimum Gasteiger partial charge on any atom is -0.480 e. The highest BCUT2D eigenvalue weighted by molar-refractivity contribution is 6.29. The second-order valence-corrected chi connectivity index (χ2v) is 5.26. The average molecular weight is 297 g/mol. The van der Waals surface area contributed by atoms with Gasteiger partial charge in [0.05, 0.1) is 0 Å². The van der Waals surface area contributed by atoms with E-state index in [2.05, 4.69) is 4.98 Å². The highest BCUT2D eigenvalue weighted by Gasteiger charge is 2.32. The molecule has 5 nitrogen and oxygen atoms in total. The van der Waals surface area contributed by atoms with Crippen LogP contribution in [0.4, 0.5) is 0 Å². The molecule has 20 heavy (non-hydrogen) atoms. The Labute approximate surface area is 122 Å². The van der Waals surface area contributed by atoms with E-state index in [1.807, 2.05) is 6.92 Å². The Balaban J connectivity index is 2.29. The number of carbonyl (C=O) groups excluding carboxylic acids is 1. The number of likely N-dealkylation sites (tertiary alicyclic amines) is 1. The number of pyridine rings is 1. The number of amides is 1. The zero-order chi connectivity index (χ0) is 14.7. The van der Waals surface area contributed by atoms with Crippen LogP contribution in [0.5, 0.6) is 0 Å². The molecule has 0 radical (unpaired) electrons. The highest BCUT2D eigenvalue weighted by atomic mass is 35.5. The monoisotopic (exact) mass is 296 g/mol. The van der Waals surface area contributed by atoms with E-state index in [0.29, 0.717) is 24.9 Å². The lowest BCUT2D eigenvalue weighted by Gasteiger charge is -2.33. The first-order valence-electron chi connectivity index (χ1n) is 6.73. The van der Waals surface area contributed by atoms with Crippen LogP contribution in [0, 0.1) is 0 Å². The fraction of sp³-hybridized carbons (Fsp3) is 0.500. The molecule has 1 aromatic rings. The van der Waals surface area contributed by atoms with E-state index in [4.69, 9.17) is 11.6 Å². The number of carboxylic acid groups (broad SMARTS) is 1. The Hall–Kier alpha value is -1.62. The van der Waals surface area contributed by atoms with Crippen molar-refractivity contribution >= 4 is 23.5 Å². The van der Waals surface area contributed by atoms with Crippen LogP contribution < -0.4 is 0 Å². The summed E-state index contributed by atoms with van der Waals surface area (Å²) in [5.41, 5.74) is 1.14. The quantitative estimate of drug-likeness (QED) is 0.869. The molecule has 1 atom stereocenters. The summed E-state index contributed by atoms with van der Waals surface area (Å²) in [4.78, 5) is 29.3. The van der Waals surface area contributed by atoms with Gasteiger partial charge in [-0.15, -0.1) is 0 Å². The van der Waals surface area contributed by atoms with Gasteiger partial charge in [0.25, 0.3) is 5.91 Å². The van der Waals surface area contributed by atoms with Crippen molar-refractivity contribution in [3.63, 3.8) is 0 Å². The molecule has 2 rings (SSSR count). The number of piperidine rings is 1. The Kier molecular flexibility index (Phi) is 4.60. The number of aromatic nitrogens is 1. The average Bonchev–Trinajstić information content (AvgIpc) is 2.45. The van der Waals surface area contributed by atoms with Gasteiger partial charge in [0.1, 0.15) is 11.2 Å². The molecule has 2 heterocycles. The zero-order valence-electron chi connectivity index (χ0n) is 11.3. The molecular weight excluding hydrogens is 280 g/mol. The number of hydrogen-bond donors (Lipinski definition) is 1. The molecule has 6 heteroatoms. The summed E-state index contributed by atoms with van der Waals surface area (Å²) in [7, 11) is 0. The Morgan fingerprint density at radius 2 is 2.20 bits per heavy atom. The number of aliphatic carboxylic acids is 1. The Bertz CT molecular complexity index is 533. The van der Waals surface area contributed by atoms with E-state index in [-0.39, 0.29) is 11.1 Å². The number of aryl methyl sites for hydroxylation is 1. The van der Waals surface area contributed by atoms with Gasteiger partial charge < -0.3 is 10.0 Å². The van der Waals surface area contributed by atoms with Crippen molar-refractivity contribution in [1.29, 1.82) is 0 Å². The van der Waals surface area contributed by atoms with E-state index in [9.17, 15) is 14.7 Å². The smallest absolute Gasteiger partial charge is 0.326 e. The molecule has 0 saturated carbocycles. The SMILES string of the molecule is CCc1cc(C(=O)N2CCCC[C@H]2C(=O)O)cc(Cl)n1. The maximum atomic E-state index is 12.5. The zero-order valence-corrected chi connectivity index (χ0v) is 12.1. The van der Waals surface area contributed by atoms with E-state index in [1.165, 1.54) is 11.0 Å². The van der Waals surface area contributed by atoms with Crippen LogP contribution in [-0.4, -0.2) is 39.5 Å². The topological polar surface area (TPSA) is 70.5 Å². The minimum absolute atomic E-state index is 0.261. The van der Waals surface area contributed by atoms with Gasteiger partial charge in [0.15, 0.2) is 0 Å². The molecule has 0 unspecified atom stereocenters. The molecule has 1 amide bonds. The maximum absolute atomic E-state index is 12.5. The molecule has 0 spiro atoms. The van der Waals surface area contributed by atoms with Gasteiger partial charge in [-0.3, -0.25) is 4.79 Å². The van der Waals surface area contributed by atoms with E-state index >= 15 is 0 Å². The Morgan fingerprint density at radius 1 is 1.45 bits per heavy atom. The van der Waals surface area contributed by atoms with Crippen molar-refractivity contribution in [2.24, 2.45) is 0 Å². The van der Waals surface area contributed by atoms with E-state index in [1.54, 1.807) is 6.07 Å². The second kappa shape index (κ2) is 6.22. The van der Waals surface area contributed by atoms with Crippen LogP contribution >= 0.6 is 11.6 Å². The molecule has 1 N–H and O–H groups in total. The van der Waals surface area contributed by atoms with Gasteiger partial charge in [0.2, 0.25) is 0 Å². The third-order valence-electron chi connectivity index (χ3n) is 3.51. The van der Waals surface area contributed by atoms with Crippen LogP contribution in [0.3, 0.4) is 0 Å². The molecule has 1 fully saturated rings. The lowest BCUT2D eigenvalue weighted by atomic mass is 10.0. The van der Waals surface area contributed by atoms with Crippen molar-refractivity contribution in [3.8, 4) is 0 Å². The highest BCUT2D eigenvalue weighted by Crippen LogP contribution is 2.21. The first-order chi connectivity index (χ1) is 9.52. The van der Waals surface area contributed by atoms with Gasteiger partial charge in [-0.25, -0.2) is 9.78 Å². The van der Waals surface area contributed by atoms with Crippen LogP contribution in [0.25, 0.3) is 0 Å². The van der Waals surface area contributed by atoms with Gasteiger partial charge >= 0.3 is 5.97 Å². The van der Waals surface area contributed by atoms with Gasteiger partial charge in [0, 0.05) is 17.8 Å². The second-order valence-electron chi connectivity index (χ2n) is 4.87. The predicted octanol–water partition coefficient (Wildman–Crippen LogP) is 2.38. The third-order valence-corrected chi connectivity index (χ3v) is 3.70. The maximum Gasteiger partial charge on any atom is 0.326 e. The molecule has 1 aromatic heterocycles. The van der Waals surface area contributed by atoms with Gasteiger partial charge in [-0.1, -0.05) is 18.5 Å². The molecule has 1 aliphatic heterocycles. The summed E-state index contributed by atoms with van der Waals surface area (Å²) < 4.78 is 0.